The molecular formula is C13H9ClN4O. The van der Waals surface area contributed by atoms with E-state index in [1.54, 1.807) is 18.2 Å². The number of nitriles is 1. The molecule has 0 saturated carbocycles. The number of benzene rings is 1. The van der Waals surface area contributed by atoms with Gasteiger partial charge in [0.05, 0.1) is 16.9 Å². The Labute approximate surface area is 114 Å². The summed E-state index contributed by atoms with van der Waals surface area (Å²) in [7, 11) is 0. The highest BCUT2D eigenvalue weighted by molar-refractivity contribution is 6.31. The van der Waals surface area contributed by atoms with Gasteiger partial charge >= 0.3 is 0 Å². The predicted molar refractivity (Wildman–Crippen MR) is 72.8 cm³/mol. The van der Waals surface area contributed by atoms with Crippen LogP contribution in [0.4, 0.5) is 11.4 Å². The van der Waals surface area contributed by atoms with Crippen LogP contribution >= 0.6 is 11.6 Å². The first-order chi connectivity index (χ1) is 9.10. The van der Waals surface area contributed by atoms with Crippen molar-refractivity contribution < 1.29 is 4.79 Å². The van der Waals surface area contributed by atoms with Gasteiger partial charge in [-0.05, 0) is 30.3 Å². The molecule has 0 unspecified atom stereocenters. The van der Waals surface area contributed by atoms with Gasteiger partial charge in [0.1, 0.15) is 11.8 Å². The molecule has 0 fully saturated rings. The number of hydrogen-bond acceptors (Lipinski definition) is 4. The highest BCUT2D eigenvalue weighted by atomic mass is 35.5. The van der Waals surface area contributed by atoms with Crippen molar-refractivity contribution in [1.82, 2.24) is 4.98 Å². The molecule has 19 heavy (non-hydrogen) atoms. The van der Waals surface area contributed by atoms with Gasteiger partial charge in [0.15, 0.2) is 0 Å². The number of nitrogens with one attached hydrogen (secondary N) is 1. The number of nitrogens with two attached hydrogens (primary N) is 1. The van der Waals surface area contributed by atoms with E-state index in [2.05, 4.69) is 10.3 Å². The molecule has 3 N–H and O–H groups in total. The maximum absolute atomic E-state index is 11.9. The molecule has 2 rings (SSSR count). The van der Waals surface area contributed by atoms with Crippen molar-refractivity contribution in [3.8, 4) is 6.07 Å². The number of carbonyl (C=O) groups excluding carboxylic acids is 1. The number of nitrogens with zero attached hydrogens (tertiary/aromatic N) is 2. The minimum Gasteiger partial charge on any atom is -0.397 e. The minimum absolute atomic E-state index is 0.202. The largest absolute Gasteiger partial charge is 0.397 e. The lowest BCUT2D eigenvalue weighted by Crippen LogP contribution is -2.14. The Kier molecular flexibility index (Phi) is 3.64. The molecule has 0 spiro atoms. The molecule has 0 radical (unpaired) electrons. The Balaban J connectivity index is 2.18. The number of pyridine rings is 1. The molecule has 0 saturated heterocycles. The van der Waals surface area contributed by atoms with Crippen molar-refractivity contribution >= 4 is 28.9 Å². The van der Waals surface area contributed by atoms with Crippen LogP contribution in [-0.4, -0.2) is 10.9 Å². The Morgan fingerprint density at radius 3 is 2.74 bits per heavy atom. The molecule has 0 aliphatic heterocycles. The van der Waals surface area contributed by atoms with Crippen LogP contribution < -0.4 is 11.1 Å². The summed E-state index contributed by atoms with van der Waals surface area (Å²) in [4.78, 5) is 15.8. The maximum atomic E-state index is 11.9. The average molecular weight is 273 g/mol. The molecule has 94 valence electrons. The molecule has 2 aromatic rings. The molecule has 0 aliphatic rings. The van der Waals surface area contributed by atoms with Gasteiger partial charge in [-0.25, -0.2) is 4.98 Å². The summed E-state index contributed by atoms with van der Waals surface area (Å²) in [6, 6.07) is 9.70. The Morgan fingerprint density at radius 2 is 2.16 bits per heavy atom. The van der Waals surface area contributed by atoms with Crippen molar-refractivity contribution in [2.24, 2.45) is 0 Å². The first-order valence-electron chi connectivity index (χ1n) is 5.32. The number of hydrogen-bond donors (Lipinski definition) is 2. The summed E-state index contributed by atoms with van der Waals surface area (Å²) < 4.78 is 0. The number of anilines is 2. The summed E-state index contributed by atoms with van der Waals surface area (Å²) in [6.45, 7) is 0. The van der Waals surface area contributed by atoms with E-state index in [0.717, 1.165) is 0 Å². The second-order valence-electron chi connectivity index (χ2n) is 3.73. The van der Waals surface area contributed by atoms with Crippen molar-refractivity contribution in [1.29, 1.82) is 5.26 Å². The van der Waals surface area contributed by atoms with Crippen LogP contribution in [-0.2, 0) is 0 Å². The minimum atomic E-state index is -0.404. The third-order valence-corrected chi connectivity index (χ3v) is 2.62. The Hall–Kier alpha value is -2.58. The van der Waals surface area contributed by atoms with Crippen LogP contribution in [0.25, 0.3) is 0 Å². The van der Waals surface area contributed by atoms with E-state index >= 15 is 0 Å². The van der Waals surface area contributed by atoms with Crippen molar-refractivity contribution in [2.75, 3.05) is 11.1 Å². The summed E-state index contributed by atoms with van der Waals surface area (Å²) >= 11 is 5.77. The molecule has 1 heterocycles. The van der Waals surface area contributed by atoms with E-state index < -0.39 is 5.91 Å². The van der Waals surface area contributed by atoms with Crippen LogP contribution in [0, 0.1) is 11.3 Å². The summed E-state index contributed by atoms with van der Waals surface area (Å²) in [6.07, 6.45) is 1.33. The van der Waals surface area contributed by atoms with Gasteiger partial charge in [0.25, 0.3) is 5.91 Å². The summed E-state index contributed by atoms with van der Waals surface area (Å²) in [5, 5.41) is 11.8. The Bertz CT molecular complexity index is 661. The standard InChI is InChI=1S/C13H9ClN4O/c14-9-2-4-11(10(16)5-9)18-13(19)12-3-1-8(6-15)7-17-12/h1-5,7H,16H2,(H,18,19). The number of nitrogen functional groups attached to an aromatic ring is 1. The fourth-order valence-corrected chi connectivity index (χ4v) is 1.61. The van der Waals surface area contributed by atoms with Gasteiger partial charge in [-0.15, -0.1) is 0 Å². The molecule has 1 amide bonds. The van der Waals surface area contributed by atoms with Crippen LogP contribution in [0.5, 0.6) is 0 Å². The summed E-state index contributed by atoms with van der Waals surface area (Å²) in [5.41, 5.74) is 7.15. The van der Waals surface area contributed by atoms with Crippen molar-refractivity contribution in [2.45, 2.75) is 0 Å². The van der Waals surface area contributed by atoms with E-state index in [1.165, 1.54) is 18.3 Å². The third-order valence-electron chi connectivity index (χ3n) is 2.39. The predicted octanol–water partition coefficient (Wildman–Crippen LogP) is 2.44. The van der Waals surface area contributed by atoms with Gasteiger partial charge in [0, 0.05) is 11.2 Å². The van der Waals surface area contributed by atoms with E-state index in [9.17, 15) is 4.79 Å². The van der Waals surface area contributed by atoms with Gasteiger partial charge < -0.3 is 11.1 Å². The van der Waals surface area contributed by atoms with Crippen molar-refractivity contribution in [3.05, 3.63) is 52.8 Å². The van der Waals surface area contributed by atoms with Crippen molar-refractivity contribution in [3.63, 3.8) is 0 Å². The zero-order valence-corrected chi connectivity index (χ0v) is 10.5. The highest BCUT2D eigenvalue weighted by Gasteiger charge is 2.09. The number of aromatic nitrogens is 1. The first kappa shape index (κ1) is 12.9. The Morgan fingerprint density at radius 1 is 1.37 bits per heavy atom. The lowest BCUT2D eigenvalue weighted by Gasteiger charge is -2.07. The third kappa shape index (κ3) is 3.00. The van der Waals surface area contributed by atoms with Crippen LogP contribution in [0.15, 0.2) is 36.5 Å². The SMILES string of the molecule is N#Cc1ccc(C(=O)Nc2ccc(Cl)cc2N)nc1. The molecule has 0 atom stereocenters. The second kappa shape index (κ2) is 5.38. The van der Waals surface area contributed by atoms with Crippen LogP contribution in [0.2, 0.25) is 5.02 Å². The fraction of sp³-hybridized carbons (Fsp3) is 0. The molecule has 1 aromatic carbocycles. The molecular weight excluding hydrogens is 264 g/mol. The lowest BCUT2D eigenvalue weighted by molar-refractivity contribution is 0.102. The van der Waals surface area contributed by atoms with E-state index in [4.69, 9.17) is 22.6 Å². The molecule has 6 heteroatoms. The lowest BCUT2D eigenvalue weighted by atomic mass is 10.2. The number of halogens is 1. The van der Waals surface area contributed by atoms with Gasteiger partial charge in [0.2, 0.25) is 0 Å². The average Bonchev–Trinajstić information content (AvgIpc) is 2.42. The zero-order valence-electron chi connectivity index (χ0n) is 9.72. The van der Waals surface area contributed by atoms with Gasteiger partial charge in [-0.3, -0.25) is 4.79 Å². The quantitative estimate of drug-likeness (QED) is 0.821. The number of amides is 1. The topological polar surface area (TPSA) is 91.8 Å². The van der Waals surface area contributed by atoms with Gasteiger partial charge in [-0.1, -0.05) is 11.6 Å². The smallest absolute Gasteiger partial charge is 0.274 e. The van der Waals surface area contributed by atoms with Crippen LogP contribution in [0.3, 0.4) is 0 Å². The first-order valence-corrected chi connectivity index (χ1v) is 5.70. The maximum Gasteiger partial charge on any atom is 0.274 e. The highest BCUT2D eigenvalue weighted by Crippen LogP contribution is 2.22. The normalized spacial score (nSPS) is 9.68. The molecule has 5 nitrogen and oxygen atoms in total. The van der Waals surface area contributed by atoms with E-state index in [0.29, 0.717) is 22.0 Å². The summed E-state index contributed by atoms with van der Waals surface area (Å²) in [5.74, 6) is -0.404. The molecule has 1 aromatic heterocycles. The van der Waals surface area contributed by atoms with Gasteiger partial charge in [-0.2, -0.15) is 5.26 Å². The van der Waals surface area contributed by atoms with Crippen LogP contribution in [0.1, 0.15) is 16.1 Å². The zero-order chi connectivity index (χ0) is 13.8. The molecule has 0 bridgehead atoms. The second-order valence-corrected chi connectivity index (χ2v) is 4.17. The number of rotatable bonds is 2. The number of carbonyl (C=O) groups is 1. The fourth-order valence-electron chi connectivity index (χ4n) is 1.43. The van der Waals surface area contributed by atoms with E-state index in [-0.39, 0.29) is 5.69 Å². The molecule has 0 aliphatic carbocycles. The van der Waals surface area contributed by atoms with E-state index in [1.807, 2.05) is 6.07 Å². The monoisotopic (exact) mass is 272 g/mol.